The molecule has 1 atom stereocenters. The molecule has 2 saturated carbocycles. The summed E-state index contributed by atoms with van der Waals surface area (Å²) in [7, 11) is 0. The van der Waals surface area contributed by atoms with E-state index in [9.17, 15) is 9.59 Å². The number of rotatable bonds is 9. The average Bonchev–Trinajstić information content (AvgIpc) is 2.65. The summed E-state index contributed by atoms with van der Waals surface area (Å²) in [6.07, 6.45) is 13.7. The van der Waals surface area contributed by atoms with Crippen molar-refractivity contribution in [1.29, 1.82) is 0 Å². The van der Waals surface area contributed by atoms with Gasteiger partial charge in [-0.3, -0.25) is 9.59 Å². The molecule has 4 nitrogen and oxygen atoms in total. The van der Waals surface area contributed by atoms with Crippen LogP contribution in [0.15, 0.2) is 0 Å². The maximum Gasteiger partial charge on any atom is 0.309 e. The van der Waals surface area contributed by atoms with Gasteiger partial charge in [0, 0.05) is 0 Å². The number of esters is 2. The third kappa shape index (κ3) is 7.83. The molecule has 0 bridgehead atoms. The molecule has 0 heterocycles. The first-order chi connectivity index (χ1) is 13.0. The van der Waals surface area contributed by atoms with Crippen molar-refractivity contribution in [2.75, 3.05) is 0 Å². The second-order valence-electron chi connectivity index (χ2n) is 8.89. The van der Waals surface area contributed by atoms with Gasteiger partial charge in [0.25, 0.3) is 0 Å². The predicted molar refractivity (Wildman–Crippen MR) is 107 cm³/mol. The van der Waals surface area contributed by atoms with Crippen LogP contribution in [0, 0.1) is 17.8 Å². The largest absolute Gasteiger partial charge is 0.462 e. The standard InChI is InChI=1S/C23H40O4/c1-4-6-18-8-12-20(13-9-18)26-22(24)16-17(3)23(25)27-21-14-10-19(7-5-2)11-15-21/h17-21H,4-16H2,1-3H3. The monoisotopic (exact) mass is 380 g/mol. The molecular weight excluding hydrogens is 340 g/mol. The van der Waals surface area contributed by atoms with Crippen molar-refractivity contribution in [1.82, 2.24) is 0 Å². The number of hydrogen-bond donors (Lipinski definition) is 0. The molecule has 27 heavy (non-hydrogen) atoms. The van der Waals surface area contributed by atoms with Crippen LogP contribution in [0.25, 0.3) is 0 Å². The molecule has 0 amide bonds. The molecule has 4 heteroatoms. The van der Waals surface area contributed by atoms with E-state index in [0.29, 0.717) is 0 Å². The first kappa shape index (κ1) is 22.2. The lowest BCUT2D eigenvalue weighted by atomic mass is 9.84. The van der Waals surface area contributed by atoms with Crippen LogP contribution in [0.3, 0.4) is 0 Å². The lowest BCUT2D eigenvalue weighted by Gasteiger charge is -2.29. The number of ether oxygens (including phenoxy) is 2. The zero-order valence-corrected chi connectivity index (χ0v) is 17.7. The molecular formula is C23H40O4. The van der Waals surface area contributed by atoms with E-state index < -0.39 is 5.92 Å². The molecule has 0 radical (unpaired) electrons. The van der Waals surface area contributed by atoms with Gasteiger partial charge in [-0.15, -0.1) is 0 Å². The normalized spacial score (nSPS) is 29.7. The summed E-state index contributed by atoms with van der Waals surface area (Å²) in [4.78, 5) is 24.5. The van der Waals surface area contributed by atoms with E-state index in [1.54, 1.807) is 6.92 Å². The number of carbonyl (C=O) groups excluding carboxylic acids is 2. The Labute approximate surface area is 165 Å². The molecule has 2 rings (SSSR count). The summed E-state index contributed by atoms with van der Waals surface area (Å²) >= 11 is 0. The van der Waals surface area contributed by atoms with Gasteiger partial charge >= 0.3 is 11.9 Å². The van der Waals surface area contributed by atoms with Crippen molar-refractivity contribution < 1.29 is 19.1 Å². The van der Waals surface area contributed by atoms with Crippen molar-refractivity contribution >= 4 is 11.9 Å². The molecule has 0 N–H and O–H groups in total. The Morgan fingerprint density at radius 3 is 1.67 bits per heavy atom. The average molecular weight is 381 g/mol. The van der Waals surface area contributed by atoms with Crippen LogP contribution in [0.2, 0.25) is 0 Å². The lowest BCUT2D eigenvalue weighted by Crippen LogP contribution is -2.29. The van der Waals surface area contributed by atoms with Gasteiger partial charge in [-0.1, -0.05) is 46.5 Å². The van der Waals surface area contributed by atoms with Crippen LogP contribution in [-0.4, -0.2) is 24.1 Å². The van der Waals surface area contributed by atoms with Crippen molar-refractivity contribution in [2.45, 2.75) is 116 Å². The van der Waals surface area contributed by atoms with Gasteiger partial charge in [0.15, 0.2) is 0 Å². The Balaban J connectivity index is 1.63. The van der Waals surface area contributed by atoms with E-state index in [-0.39, 0.29) is 30.6 Å². The van der Waals surface area contributed by atoms with Gasteiger partial charge in [-0.05, 0) is 63.2 Å². The number of hydrogen-bond acceptors (Lipinski definition) is 4. The zero-order chi connectivity index (χ0) is 19.6. The molecule has 1 unspecified atom stereocenters. The highest BCUT2D eigenvalue weighted by Crippen LogP contribution is 2.31. The molecule has 2 aliphatic carbocycles. The fourth-order valence-corrected chi connectivity index (χ4v) is 4.74. The molecule has 0 aromatic heterocycles. The van der Waals surface area contributed by atoms with Gasteiger partial charge in [0.05, 0.1) is 12.3 Å². The summed E-state index contributed by atoms with van der Waals surface area (Å²) in [5, 5.41) is 0. The zero-order valence-electron chi connectivity index (χ0n) is 17.7. The van der Waals surface area contributed by atoms with E-state index >= 15 is 0 Å². The van der Waals surface area contributed by atoms with Crippen molar-refractivity contribution in [3.05, 3.63) is 0 Å². The minimum absolute atomic E-state index is 0.0397. The SMILES string of the molecule is CCCC1CCC(OC(=O)CC(C)C(=O)OC2CCC(CCC)CC2)CC1. The predicted octanol–water partition coefficient (Wildman–Crippen LogP) is 5.82. The van der Waals surface area contributed by atoms with Crippen LogP contribution >= 0.6 is 0 Å². The Morgan fingerprint density at radius 2 is 1.22 bits per heavy atom. The van der Waals surface area contributed by atoms with Crippen molar-refractivity contribution in [3.8, 4) is 0 Å². The Bertz CT molecular complexity index is 445. The Morgan fingerprint density at radius 1 is 0.778 bits per heavy atom. The van der Waals surface area contributed by atoms with Crippen LogP contribution in [0.1, 0.15) is 104 Å². The molecule has 0 aromatic carbocycles. The van der Waals surface area contributed by atoms with E-state index in [0.717, 1.165) is 63.2 Å². The molecule has 2 aliphatic rings. The van der Waals surface area contributed by atoms with E-state index in [1.165, 1.54) is 25.7 Å². The maximum atomic E-state index is 12.3. The molecule has 0 saturated heterocycles. The van der Waals surface area contributed by atoms with E-state index in [4.69, 9.17) is 9.47 Å². The molecule has 0 aromatic rings. The Kier molecular flexibility index (Phi) is 9.64. The molecule has 0 aliphatic heterocycles. The van der Waals surface area contributed by atoms with Crippen LogP contribution in [0.4, 0.5) is 0 Å². The highest BCUT2D eigenvalue weighted by molar-refractivity contribution is 5.79. The lowest BCUT2D eigenvalue weighted by molar-refractivity contribution is -0.162. The quantitative estimate of drug-likeness (QED) is 0.473. The first-order valence-corrected chi connectivity index (χ1v) is 11.4. The van der Waals surface area contributed by atoms with Gasteiger partial charge in [0.2, 0.25) is 0 Å². The summed E-state index contributed by atoms with van der Waals surface area (Å²) in [6.45, 7) is 6.23. The minimum atomic E-state index is -0.415. The summed E-state index contributed by atoms with van der Waals surface area (Å²) in [6, 6.07) is 0. The Hall–Kier alpha value is -1.06. The molecule has 2 fully saturated rings. The number of carbonyl (C=O) groups is 2. The van der Waals surface area contributed by atoms with Gasteiger partial charge in [0.1, 0.15) is 12.2 Å². The third-order valence-electron chi connectivity index (χ3n) is 6.44. The van der Waals surface area contributed by atoms with E-state index in [1.807, 2.05) is 0 Å². The first-order valence-electron chi connectivity index (χ1n) is 11.4. The second kappa shape index (κ2) is 11.7. The van der Waals surface area contributed by atoms with Crippen molar-refractivity contribution in [2.24, 2.45) is 17.8 Å². The van der Waals surface area contributed by atoms with Gasteiger partial charge in [-0.25, -0.2) is 0 Å². The van der Waals surface area contributed by atoms with Gasteiger partial charge in [-0.2, -0.15) is 0 Å². The second-order valence-corrected chi connectivity index (χ2v) is 8.89. The highest BCUT2D eigenvalue weighted by Gasteiger charge is 2.28. The smallest absolute Gasteiger partial charge is 0.309 e. The van der Waals surface area contributed by atoms with E-state index in [2.05, 4.69) is 13.8 Å². The molecule has 0 spiro atoms. The molecule has 156 valence electrons. The minimum Gasteiger partial charge on any atom is -0.462 e. The maximum absolute atomic E-state index is 12.3. The summed E-state index contributed by atoms with van der Waals surface area (Å²) < 4.78 is 11.3. The van der Waals surface area contributed by atoms with Crippen LogP contribution < -0.4 is 0 Å². The topological polar surface area (TPSA) is 52.6 Å². The highest BCUT2D eigenvalue weighted by atomic mass is 16.6. The van der Waals surface area contributed by atoms with Crippen LogP contribution in [0.5, 0.6) is 0 Å². The summed E-state index contributed by atoms with van der Waals surface area (Å²) in [5.74, 6) is 0.695. The van der Waals surface area contributed by atoms with Gasteiger partial charge < -0.3 is 9.47 Å². The summed E-state index contributed by atoms with van der Waals surface area (Å²) in [5.41, 5.74) is 0. The third-order valence-corrected chi connectivity index (χ3v) is 6.44. The van der Waals surface area contributed by atoms with Crippen LogP contribution in [-0.2, 0) is 19.1 Å². The van der Waals surface area contributed by atoms with Crippen molar-refractivity contribution in [3.63, 3.8) is 0 Å². The fraction of sp³-hybridized carbons (Fsp3) is 0.913. The fourth-order valence-electron chi connectivity index (χ4n) is 4.74.